The summed E-state index contributed by atoms with van der Waals surface area (Å²) in [5, 5.41) is 0. The summed E-state index contributed by atoms with van der Waals surface area (Å²) in [7, 11) is 0. The zero-order chi connectivity index (χ0) is 19.1. The summed E-state index contributed by atoms with van der Waals surface area (Å²) in [5.41, 5.74) is 7.75. The monoisotopic (exact) mass is 369 g/mol. The van der Waals surface area contributed by atoms with Crippen LogP contribution in [0.4, 0.5) is 5.69 Å². The van der Waals surface area contributed by atoms with Gasteiger partial charge in [-0.1, -0.05) is 48.5 Å². The third-order valence-electron chi connectivity index (χ3n) is 6.29. The van der Waals surface area contributed by atoms with Crippen LogP contribution in [0.1, 0.15) is 34.5 Å². The lowest BCUT2D eigenvalue weighted by Crippen LogP contribution is -3.15. The van der Waals surface area contributed by atoms with Crippen LogP contribution in [0.15, 0.2) is 72.8 Å². The Morgan fingerprint density at radius 3 is 1.89 bits per heavy atom. The predicted octanol–water partition coefficient (Wildman–Crippen LogP) is 3.36. The first kappa shape index (κ1) is 17.2. The van der Waals surface area contributed by atoms with Gasteiger partial charge in [0, 0.05) is 22.4 Å². The van der Waals surface area contributed by atoms with Crippen molar-refractivity contribution in [3.8, 4) is 11.1 Å². The second-order valence-electron chi connectivity index (χ2n) is 7.86. The molecule has 0 atom stereocenters. The highest BCUT2D eigenvalue weighted by atomic mass is 16.1. The molecule has 0 aromatic heterocycles. The van der Waals surface area contributed by atoms with Gasteiger partial charge in [0.1, 0.15) is 6.04 Å². The molecule has 1 N–H and O–H groups in total. The molecule has 1 saturated heterocycles. The Morgan fingerprint density at radius 1 is 0.821 bits per heavy atom. The topological polar surface area (TPSA) is 24.8 Å². The standard InChI is InChI=1S/C25H24N2O/c1-18(28)19-10-12-20(13-11-19)26-14-16-27(17-15-26)25-23-8-4-2-6-21(23)22-7-3-5-9-24(22)25/h2-13,25H,14-17H2,1H3/p+1. The van der Waals surface area contributed by atoms with Gasteiger partial charge in [0.25, 0.3) is 0 Å². The van der Waals surface area contributed by atoms with Gasteiger partial charge in [0.2, 0.25) is 0 Å². The minimum atomic E-state index is 0.124. The van der Waals surface area contributed by atoms with Crippen LogP contribution < -0.4 is 9.80 Å². The number of carbonyl (C=O) groups is 1. The van der Waals surface area contributed by atoms with Gasteiger partial charge in [-0.25, -0.2) is 0 Å². The third kappa shape index (κ3) is 2.83. The fourth-order valence-electron chi connectivity index (χ4n) is 4.84. The number of nitrogens with zero attached hydrogens (tertiary/aromatic N) is 1. The van der Waals surface area contributed by atoms with Crippen LogP contribution in [0.25, 0.3) is 11.1 Å². The van der Waals surface area contributed by atoms with Crippen LogP contribution >= 0.6 is 0 Å². The van der Waals surface area contributed by atoms with Gasteiger partial charge < -0.3 is 9.80 Å². The smallest absolute Gasteiger partial charge is 0.159 e. The minimum absolute atomic E-state index is 0.124. The summed E-state index contributed by atoms with van der Waals surface area (Å²) < 4.78 is 0. The summed E-state index contributed by atoms with van der Waals surface area (Å²) in [5.74, 6) is 0.124. The van der Waals surface area contributed by atoms with E-state index < -0.39 is 0 Å². The molecule has 0 bridgehead atoms. The minimum Gasteiger partial charge on any atom is -0.360 e. The van der Waals surface area contributed by atoms with E-state index >= 15 is 0 Å². The molecule has 0 saturated carbocycles. The lowest BCUT2D eigenvalue weighted by molar-refractivity contribution is -0.925. The summed E-state index contributed by atoms with van der Waals surface area (Å²) in [6.07, 6.45) is 0. The quantitative estimate of drug-likeness (QED) is 0.716. The number of rotatable bonds is 3. The fraction of sp³-hybridized carbons (Fsp3) is 0.240. The Labute approximate surface area is 166 Å². The maximum absolute atomic E-state index is 11.5. The predicted molar refractivity (Wildman–Crippen MR) is 113 cm³/mol. The number of anilines is 1. The van der Waals surface area contributed by atoms with Gasteiger partial charge in [0.05, 0.1) is 26.2 Å². The van der Waals surface area contributed by atoms with E-state index in [0.29, 0.717) is 6.04 Å². The van der Waals surface area contributed by atoms with Crippen LogP contribution in [0.3, 0.4) is 0 Å². The molecule has 3 heteroatoms. The Morgan fingerprint density at radius 2 is 1.36 bits per heavy atom. The Bertz CT molecular complexity index is 971. The Balaban J connectivity index is 1.37. The van der Waals surface area contributed by atoms with E-state index in [9.17, 15) is 4.79 Å². The summed E-state index contributed by atoms with van der Waals surface area (Å²) in [6.45, 7) is 5.92. The number of piperazine rings is 1. The fourth-order valence-corrected chi connectivity index (χ4v) is 4.84. The molecule has 0 amide bonds. The van der Waals surface area contributed by atoms with Gasteiger partial charge in [0.15, 0.2) is 5.78 Å². The maximum atomic E-state index is 11.5. The molecule has 28 heavy (non-hydrogen) atoms. The normalized spacial score (nSPS) is 16.7. The number of nitrogens with one attached hydrogen (secondary N) is 1. The number of hydrogen-bond acceptors (Lipinski definition) is 2. The number of benzene rings is 3. The molecule has 2 aliphatic rings. The average molecular weight is 369 g/mol. The molecule has 1 aliphatic heterocycles. The van der Waals surface area contributed by atoms with Crippen molar-refractivity contribution in [3.63, 3.8) is 0 Å². The molecular formula is C25H25N2O+. The van der Waals surface area contributed by atoms with Crippen molar-refractivity contribution in [2.24, 2.45) is 0 Å². The van der Waals surface area contributed by atoms with E-state index in [0.717, 1.165) is 31.7 Å². The van der Waals surface area contributed by atoms with E-state index in [1.807, 2.05) is 12.1 Å². The number of quaternary nitrogens is 1. The largest absolute Gasteiger partial charge is 0.360 e. The second kappa shape index (κ2) is 6.92. The molecule has 5 rings (SSSR count). The molecule has 0 radical (unpaired) electrons. The van der Waals surface area contributed by atoms with Crippen molar-refractivity contribution >= 4 is 11.5 Å². The van der Waals surface area contributed by atoms with E-state index in [4.69, 9.17) is 0 Å². The number of carbonyl (C=O) groups excluding carboxylic acids is 1. The number of fused-ring (bicyclic) bond motifs is 3. The molecule has 0 spiro atoms. The Kier molecular flexibility index (Phi) is 4.25. The average Bonchev–Trinajstić information content (AvgIpc) is 3.08. The maximum Gasteiger partial charge on any atom is 0.159 e. The molecule has 3 aromatic carbocycles. The molecule has 3 aromatic rings. The van der Waals surface area contributed by atoms with Crippen LogP contribution in [0.2, 0.25) is 0 Å². The van der Waals surface area contributed by atoms with Crippen molar-refractivity contribution < 1.29 is 9.69 Å². The van der Waals surface area contributed by atoms with Crippen molar-refractivity contribution in [1.29, 1.82) is 0 Å². The van der Waals surface area contributed by atoms with Gasteiger partial charge in [-0.2, -0.15) is 0 Å². The molecular weight excluding hydrogens is 344 g/mol. The molecule has 0 unspecified atom stereocenters. The van der Waals surface area contributed by atoms with Crippen molar-refractivity contribution in [3.05, 3.63) is 89.5 Å². The third-order valence-corrected chi connectivity index (χ3v) is 6.29. The van der Waals surface area contributed by atoms with Crippen LogP contribution in [-0.4, -0.2) is 32.0 Å². The van der Waals surface area contributed by atoms with Gasteiger partial charge in [-0.3, -0.25) is 4.79 Å². The first-order chi connectivity index (χ1) is 13.7. The molecule has 1 aliphatic carbocycles. The summed E-state index contributed by atoms with van der Waals surface area (Å²) in [4.78, 5) is 15.6. The van der Waals surface area contributed by atoms with Gasteiger partial charge in [-0.15, -0.1) is 0 Å². The molecule has 1 heterocycles. The lowest BCUT2D eigenvalue weighted by Gasteiger charge is -2.37. The highest BCUT2D eigenvalue weighted by Gasteiger charge is 2.37. The Hall–Kier alpha value is -2.91. The van der Waals surface area contributed by atoms with E-state index in [1.54, 1.807) is 11.8 Å². The van der Waals surface area contributed by atoms with Crippen molar-refractivity contribution in [1.82, 2.24) is 0 Å². The highest BCUT2D eigenvalue weighted by molar-refractivity contribution is 5.94. The van der Waals surface area contributed by atoms with Gasteiger partial charge >= 0.3 is 0 Å². The first-order valence-corrected chi connectivity index (χ1v) is 10.1. The molecule has 140 valence electrons. The van der Waals surface area contributed by atoms with Crippen molar-refractivity contribution in [2.75, 3.05) is 31.1 Å². The number of Topliss-reactive ketones (excluding diaryl/α,β-unsaturated/α-hetero) is 1. The second-order valence-corrected chi connectivity index (χ2v) is 7.86. The highest BCUT2D eigenvalue weighted by Crippen LogP contribution is 2.41. The molecule has 1 fully saturated rings. The first-order valence-electron chi connectivity index (χ1n) is 10.1. The van der Waals surface area contributed by atoms with Crippen molar-refractivity contribution in [2.45, 2.75) is 13.0 Å². The van der Waals surface area contributed by atoms with E-state index in [2.05, 4.69) is 65.6 Å². The zero-order valence-corrected chi connectivity index (χ0v) is 16.2. The SMILES string of the molecule is CC(=O)c1ccc(N2CC[NH+](C3c4ccccc4-c4ccccc43)CC2)cc1. The van der Waals surface area contributed by atoms with E-state index in [-0.39, 0.29) is 5.78 Å². The zero-order valence-electron chi connectivity index (χ0n) is 16.2. The van der Waals surface area contributed by atoms with Crippen LogP contribution in [-0.2, 0) is 0 Å². The molecule has 3 nitrogen and oxygen atoms in total. The van der Waals surface area contributed by atoms with Crippen LogP contribution in [0, 0.1) is 0 Å². The summed E-state index contributed by atoms with van der Waals surface area (Å²) in [6, 6.07) is 26.3. The van der Waals surface area contributed by atoms with Crippen LogP contribution in [0.5, 0.6) is 0 Å². The number of hydrogen-bond donors (Lipinski definition) is 1. The van der Waals surface area contributed by atoms with Gasteiger partial charge in [-0.05, 0) is 42.3 Å². The van der Waals surface area contributed by atoms with E-state index in [1.165, 1.54) is 27.9 Å². The summed E-state index contributed by atoms with van der Waals surface area (Å²) >= 11 is 0. The lowest BCUT2D eigenvalue weighted by atomic mass is 10.0. The number of ketones is 1.